The van der Waals surface area contributed by atoms with Gasteiger partial charge in [0, 0.05) is 14.3 Å². The van der Waals surface area contributed by atoms with Gasteiger partial charge in [0.15, 0.2) is 12.3 Å². The normalized spacial score (nSPS) is 11.4. The third-order valence-electron chi connectivity index (χ3n) is 3.79. The van der Waals surface area contributed by atoms with E-state index >= 15 is 0 Å². The van der Waals surface area contributed by atoms with Crippen LogP contribution in [0.15, 0.2) is 49.5 Å². The van der Waals surface area contributed by atoms with E-state index in [1.165, 1.54) is 0 Å². The lowest BCUT2D eigenvalue weighted by Gasteiger charge is -2.09. The molecule has 0 saturated carbocycles. The Morgan fingerprint density at radius 2 is 1.92 bits per heavy atom. The van der Waals surface area contributed by atoms with Crippen LogP contribution < -0.4 is 4.74 Å². The second-order valence-electron chi connectivity index (χ2n) is 5.74. The van der Waals surface area contributed by atoms with Gasteiger partial charge in [-0.25, -0.2) is 0 Å². The first-order valence-electron chi connectivity index (χ1n) is 7.70. The van der Waals surface area contributed by atoms with Crippen LogP contribution in [0.2, 0.25) is 0 Å². The summed E-state index contributed by atoms with van der Waals surface area (Å²) in [6.07, 6.45) is 0. The number of rotatable bonds is 4. The van der Waals surface area contributed by atoms with Crippen LogP contribution in [0.5, 0.6) is 11.6 Å². The first-order chi connectivity index (χ1) is 12.4. The van der Waals surface area contributed by atoms with Crippen molar-refractivity contribution in [3.05, 3.63) is 50.4 Å². The molecule has 0 radical (unpaired) electrons. The van der Waals surface area contributed by atoms with Crippen LogP contribution >= 0.6 is 31.9 Å². The molecule has 1 amide bonds. The highest BCUT2D eigenvalue weighted by atomic mass is 79.9. The van der Waals surface area contributed by atoms with Crippen molar-refractivity contribution in [3.8, 4) is 11.6 Å². The number of nitrogens with zero attached hydrogens (tertiary/aromatic N) is 2. The number of amides is 1. The Kier molecular flexibility index (Phi) is 5.43. The Labute approximate surface area is 166 Å². The van der Waals surface area contributed by atoms with Crippen molar-refractivity contribution in [1.29, 1.82) is 0 Å². The number of ether oxygens (including phenoxy) is 1. The Morgan fingerprint density at radius 3 is 2.62 bits per heavy atom. The molecule has 0 spiro atoms. The maximum atomic E-state index is 12.0. The zero-order valence-corrected chi connectivity index (χ0v) is 17.2. The number of H-pyrrole nitrogens is 1. The fourth-order valence-corrected chi connectivity index (χ4v) is 3.91. The van der Waals surface area contributed by atoms with E-state index in [1.54, 1.807) is 6.07 Å². The fraction of sp³-hybridized carbons (Fsp3) is 0.167. The molecule has 1 heterocycles. The maximum absolute atomic E-state index is 12.0. The van der Waals surface area contributed by atoms with E-state index in [0.717, 1.165) is 20.1 Å². The zero-order chi connectivity index (χ0) is 18.8. The Morgan fingerprint density at radius 1 is 1.23 bits per heavy atom. The average molecular weight is 481 g/mol. The summed E-state index contributed by atoms with van der Waals surface area (Å²) < 4.78 is 7.12. The van der Waals surface area contributed by atoms with E-state index in [1.807, 2.05) is 38.1 Å². The first kappa shape index (κ1) is 18.6. The van der Waals surface area contributed by atoms with Gasteiger partial charge >= 0.3 is 5.91 Å². The summed E-state index contributed by atoms with van der Waals surface area (Å²) in [5, 5.41) is 18.3. The molecule has 26 heavy (non-hydrogen) atoms. The summed E-state index contributed by atoms with van der Waals surface area (Å²) in [4.78, 5) is 14.8. The lowest BCUT2D eigenvalue weighted by molar-refractivity contribution is -0.120. The number of nitrogens with one attached hydrogen (secondary N) is 1. The largest absolute Gasteiger partial charge is 0.493 e. The van der Waals surface area contributed by atoms with E-state index in [-0.39, 0.29) is 18.2 Å². The SMILES string of the molecule is Cc1cccc(C)c1OCC(=O)N=Nc1c(O)[nH]c2c(Br)cc(Br)cc12. The number of para-hydroxylation sites is 1. The number of halogens is 2. The number of hydrogen-bond donors (Lipinski definition) is 2. The Balaban J connectivity index is 1.79. The van der Waals surface area contributed by atoms with Gasteiger partial charge in [0.05, 0.1) is 5.52 Å². The number of aromatic hydroxyl groups is 1. The van der Waals surface area contributed by atoms with Crippen molar-refractivity contribution in [1.82, 2.24) is 4.98 Å². The number of azo groups is 1. The second kappa shape index (κ2) is 7.59. The Bertz CT molecular complexity index is 1010. The molecule has 0 fully saturated rings. The van der Waals surface area contributed by atoms with Crippen LogP contribution in [0.4, 0.5) is 5.69 Å². The number of carbonyl (C=O) groups is 1. The number of aromatic nitrogens is 1. The third kappa shape index (κ3) is 3.81. The molecule has 8 heteroatoms. The molecule has 0 saturated heterocycles. The minimum Gasteiger partial charge on any atom is -0.493 e. The van der Waals surface area contributed by atoms with Gasteiger partial charge < -0.3 is 14.8 Å². The Hall–Kier alpha value is -2.19. The van der Waals surface area contributed by atoms with Crippen molar-refractivity contribution in [2.45, 2.75) is 13.8 Å². The van der Waals surface area contributed by atoms with E-state index in [0.29, 0.717) is 16.7 Å². The van der Waals surface area contributed by atoms with Crippen molar-refractivity contribution in [2.24, 2.45) is 10.2 Å². The van der Waals surface area contributed by atoms with Gasteiger partial charge in [-0.15, -0.1) is 10.2 Å². The molecule has 3 rings (SSSR count). The van der Waals surface area contributed by atoms with Gasteiger partial charge in [-0.2, -0.15) is 0 Å². The minimum absolute atomic E-state index is 0.161. The molecule has 0 bridgehead atoms. The molecular weight excluding hydrogens is 466 g/mol. The van der Waals surface area contributed by atoms with Crippen molar-refractivity contribution < 1.29 is 14.6 Å². The summed E-state index contributed by atoms with van der Waals surface area (Å²) in [6, 6.07) is 9.36. The first-order valence-corrected chi connectivity index (χ1v) is 9.28. The average Bonchev–Trinajstić information content (AvgIpc) is 2.88. The maximum Gasteiger partial charge on any atom is 0.302 e. The van der Waals surface area contributed by atoms with Gasteiger partial charge in [0.1, 0.15) is 5.75 Å². The number of aromatic amines is 1. The summed E-state index contributed by atoms with van der Waals surface area (Å²) in [5.41, 5.74) is 2.75. The molecule has 3 aromatic rings. The number of fused-ring (bicyclic) bond motifs is 1. The monoisotopic (exact) mass is 479 g/mol. The summed E-state index contributed by atoms with van der Waals surface area (Å²) in [5.74, 6) is -0.0414. The smallest absolute Gasteiger partial charge is 0.302 e. The predicted octanol–water partition coefficient (Wildman–Crippen LogP) is 5.70. The third-order valence-corrected chi connectivity index (χ3v) is 4.87. The second-order valence-corrected chi connectivity index (χ2v) is 7.51. The van der Waals surface area contributed by atoms with Gasteiger partial charge in [-0.1, -0.05) is 34.1 Å². The molecule has 0 unspecified atom stereocenters. The van der Waals surface area contributed by atoms with Crippen LogP contribution in [0, 0.1) is 13.8 Å². The van der Waals surface area contributed by atoms with Crippen molar-refractivity contribution in [2.75, 3.05) is 6.61 Å². The molecule has 6 nitrogen and oxygen atoms in total. The summed E-state index contributed by atoms with van der Waals surface area (Å²) >= 11 is 6.79. The van der Waals surface area contributed by atoms with Gasteiger partial charge in [0.25, 0.3) is 0 Å². The van der Waals surface area contributed by atoms with Crippen molar-refractivity contribution >= 4 is 54.4 Å². The summed E-state index contributed by atoms with van der Waals surface area (Å²) in [6.45, 7) is 3.59. The van der Waals surface area contributed by atoms with E-state index in [2.05, 4.69) is 47.1 Å². The number of hydrogen-bond acceptors (Lipinski definition) is 4. The molecule has 1 aromatic heterocycles. The standard InChI is InChI=1S/C18H15Br2N3O3/c1-9-4-3-5-10(2)17(9)26-8-14(24)22-23-16-12-6-11(19)7-13(20)15(12)21-18(16)25/h3-7,21,25H,8H2,1-2H3. The van der Waals surface area contributed by atoms with Gasteiger partial charge in [0.2, 0.25) is 5.88 Å². The number of benzene rings is 2. The van der Waals surface area contributed by atoms with E-state index in [9.17, 15) is 9.90 Å². The van der Waals surface area contributed by atoms with E-state index < -0.39 is 5.91 Å². The quantitative estimate of drug-likeness (QED) is 0.469. The molecule has 2 N–H and O–H groups in total. The van der Waals surface area contributed by atoms with Crippen LogP contribution in [0.25, 0.3) is 10.9 Å². The van der Waals surface area contributed by atoms with Crippen LogP contribution in [0.3, 0.4) is 0 Å². The predicted molar refractivity (Wildman–Crippen MR) is 106 cm³/mol. The molecular formula is C18H15Br2N3O3. The highest BCUT2D eigenvalue weighted by Gasteiger charge is 2.14. The van der Waals surface area contributed by atoms with Gasteiger partial charge in [-0.05, 0) is 53.0 Å². The highest BCUT2D eigenvalue weighted by Crippen LogP contribution is 2.40. The molecule has 134 valence electrons. The zero-order valence-electron chi connectivity index (χ0n) is 14.0. The van der Waals surface area contributed by atoms with Gasteiger partial charge in [-0.3, -0.25) is 4.79 Å². The fourth-order valence-electron chi connectivity index (χ4n) is 2.59. The molecule has 2 aromatic carbocycles. The van der Waals surface area contributed by atoms with Crippen LogP contribution in [-0.4, -0.2) is 22.6 Å². The van der Waals surface area contributed by atoms with E-state index in [4.69, 9.17) is 4.74 Å². The molecule has 0 aliphatic carbocycles. The molecule has 0 atom stereocenters. The minimum atomic E-state index is -0.546. The van der Waals surface area contributed by atoms with Crippen LogP contribution in [-0.2, 0) is 4.79 Å². The topological polar surface area (TPSA) is 87.0 Å². The lowest BCUT2D eigenvalue weighted by atomic mass is 10.1. The summed E-state index contributed by atoms with van der Waals surface area (Å²) in [7, 11) is 0. The van der Waals surface area contributed by atoms with Crippen LogP contribution in [0.1, 0.15) is 11.1 Å². The lowest BCUT2D eigenvalue weighted by Crippen LogP contribution is -2.09. The number of aryl methyl sites for hydroxylation is 2. The highest BCUT2D eigenvalue weighted by molar-refractivity contribution is 9.11. The number of carbonyl (C=O) groups excluding carboxylic acids is 1. The molecule has 0 aliphatic heterocycles. The van der Waals surface area contributed by atoms with Crippen molar-refractivity contribution in [3.63, 3.8) is 0 Å². The molecule has 0 aliphatic rings.